The zero-order valence-electron chi connectivity index (χ0n) is 10.6. The summed E-state index contributed by atoms with van der Waals surface area (Å²) in [7, 11) is 0. The fourth-order valence-electron chi connectivity index (χ4n) is 1.84. The van der Waals surface area contributed by atoms with Crippen LogP contribution in [0.1, 0.15) is 43.9 Å². The van der Waals surface area contributed by atoms with Gasteiger partial charge >= 0.3 is 0 Å². The number of hydrogen-bond donors (Lipinski definition) is 0. The molecule has 1 aromatic carbocycles. The van der Waals surface area contributed by atoms with Crippen LogP contribution in [-0.4, -0.2) is 4.92 Å². The molecule has 88 valence electrons. The van der Waals surface area contributed by atoms with Crippen molar-refractivity contribution in [3.63, 3.8) is 0 Å². The van der Waals surface area contributed by atoms with Gasteiger partial charge in [0, 0.05) is 11.1 Å². The molecule has 0 atom stereocenters. The molecule has 0 saturated carbocycles. The quantitative estimate of drug-likeness (QED) is 0.574. The molecule has 0 amide bonds. The van der Waals surface area contributed by atoms with Crippen LogP contribution in [0.3, 0.4) is 0 Å². The maximum atomic E-state index is 10.9. The zero-order valence-corrected chi connectivity index (χ0v) is 10.6. The summed E-state index contributed by atoms with van der Waals surface area (Å²) < 4.78 is 0. The van der Waals surface area contributed by atoms with Crippen molar-refractivity contribution >= 4 is 5.69 Å². The Labute approximate surface area is 96.6 Å². The molecule has 0 fully saturated rings. The topological polar surface area (TPSA) is 43.1 Å². The minimum atomic E-state index is -0.298. The Hall–Kier alpha value is -1.38. The molecule has 1 aromatic rings. The zero-order chi connectivity index (χ0) is 12.5. The van der Waals surface area contributed by atoms with Crippen LogP contribution in [0.4, 0.5) is 5.69 Å². The van der Waals surface area contributed by atoms with Crippen LogP contribution < -0.4 is 0 Å². The SMILES string of the molecule is CCC(C)(C)c1cc(C)c([N+](=O)[O-])c(C)c1. The third-order valence-corrected chi connectivity index (χ3v) is 3.34. The molecule has 0 aromatic heterocycles. The lowest BCUT2D eigenvalue weighted by Crippen LogP contribution is -2.16. The molecule has 0 aliphatic rings. The highest BCUT2D eigenvalue weighted by molar-refractivity contribution is 5.50. The van der Waals surface area contributed by atoms with Crippen molar-refractivity contribution in [3.8, 4) is 0 Å². The van der Waals surface area contributed by atoms with E-state index in [-0.39, 0.29) is 16.0 Å². The Kier molecular flexibility index (Phi) is 3.36. The molecule has 0 aliphatic heterocycles. The van der Waals surface area contributed by atoms with Crippen molar-refractivity contribution < 1.29 is 4.92 Å². The van der Waals surface area contributed by atoms with Gasteiger partial charge in [-0.2, -0.15) is 0 Å². The number of nitro groups is 1. The lowest BCUT2D eigenvalue weighted by atomic mass is 9.80. The van der Waals surface area contributed by atoms with E-state index in [0.29, 0.717) is 0 Å². The highest BCUT2D eigenvalue weighted by Crippen LogP contribution is 2.32. The molecule has 0 saturated heterocycles. The van der Waals surface area contributed by atoms with Gasteiger partial charge < -0.3 is 0 Å². The van der Waals surface area contributed by atoms with Crippen LogP contribution in [0.25, 0.3) is 0 Å². The van der Waals surface area contributed by atoms with Gasteiger partial charge in [-0.3, -0.25) is 10.1 Å². The van der Waals surface area contributed by atoms with Gasteiger partial charge in [-0.15, -0.1) is 0 Å². The van der Waals surface area contributed by atoms with Crippen molar-refractivity contribution in [3.05, 3.63) is 38.9 Å². The predicted octanol–water partition coefficient (Wildman–Crippen LogP) is 3.90. The molecule has 0 unspecified atom stereocenters. The Morgan fingerprint density at radius 1 is 1.25 bits per heavy atom. The van der Waals surface area contributed by atoms with E-state index >= 15 is 0 Å². The molecule has 0 bridgehead atoms. The Morgan fingerprint density at radius 2 is 1.69 bits per heavy atom. The second-order valence-corrected chi connectivity index (χ2v) is 4.95. The van der Waals surface area contributed by atoms with Crippen LogP contribution in [0.15, 0.2) is 12.1 Å². The van der Waals surface area contributed by atoms with E-state index in [2.05, 4.69) is 20.8 Å². The van der Waals surface area contributed by atoms with Crippen LogP contribution in [0, 0.1) is 24.0 Å². The third-order valence-electron chi connectivity index (χ3n) is 3.34. The molecular weight excluding hydrogens is 202 g/mol. The highest BCUT2D eigenvalue weighted by Gasteiger charge is 2.23. The molecule has 3 nitrogen and oxygen atoms in total. The number of nitrogens with zero attached hydrogens (tertiary/aromatic N) is 1. The normalized spacial score (nSPS) is 11.6. The van der Waals surface area contributed by atoms with E-state index in [1.54, 1.807) is 13.8 Å². The van der Waals surface area contributed by atoms with Crippen LogP contribution in [-0.2, 0) is 5.41 Å². The second kappa shape index (κ2) is 4.24. The van der Waals surface area contributed by atoms with Crippen LogP contribution in [0.5, 0.6) is 0 Å². The first-order chi connectivity index (χ1) is 7.29. The van der Waals surface area contributed by atoms with Crippen molar-refractivity contribution in [2.24, 2.45) is 0 Å². The first kappa shape index (κ1) is 12.7. The van der Waals surface area contributed by atoms with Gasteiger partial charge in [0.25, 0.3) is 5.69 Å². The largest absolute Gasteiger partial charge is 0.275 e. The molecule has 0 heterocycles. The summed E-state index contributed by atoms with van der Waals surface area (Å²) >= 11 is 0. The minimum absolute atomic E-state index is 0.0741. The lowest BCUT2D eigenvalue weighted by Gasteiger charge is -2.24. The van der Waals surface area contributed by atoms with Gasteiger partial charge in [-0.1, -0.05) is 20.8 Å². The van der Waals surface area contributed by atoms with Gasteiger partial charge in [0.05, 0.1) is 4.92 Å². The monoisotopic (exact) mass is 221 g/mol. The summed E-state index contributed by atoms with van der Waals surface area (Å²) in [6.07, 6.45) is 1.02. The molecule has 0 aliphatic carbocycles. The summed E-state index contributed by atoms with van der Waals surface area (Å²) in [4.78, 5) is 10.6. The number of rotatable bonds is 3. The average Bonchev–Trinajstić information content (AvgIpc) is 2.15. The van der Waals surface area contributed by atoms with Crippen molar-refractivity contribution in [1.82, 2.24) is 0 Å². The van der Waals surface area contributed by atoms with Crippen molar-refractivity contribution in [1.29, 1.82) is 0 Å². The van der Waals surface area contributed by atoms with E-state index < -0.39 is 0 Å². The van der Waals surface area contributed by atoms with E-state index in [1.807, 2.05) is 12.1 Å². The van der Waals surface area contributed by atoms with Crippen LogP contribution >= 0.6 is 0 Å². The standard InChI is InChI=1S/C13H19NO2/c1-6-13(4,5)11-7-9(2)12(14(15)16)10(3)8-11/h7-8H,6H2,1-5H3. The summed E-state index contributed by atoms with van der Waals surface area (Å²) in [5.41, 5.74) is 3.00. The van der Waals surface area contributed by atoms with Gasteiger partial charge in [0.1, 0.15) is 0 Å². The fraction of sp³-hybridized carbons (Fsp3) is 0.538. The Balaban J connectivity index is 3.36. The van der Waals surface area contributed by atoms with Crippen molar-refractivity contribution in [2.45, 2.75) is 46.5 Å². The molecule has 1 rings (SSSR count). The van der Waals surface area contributed by atoms with Gasteiger partial charge in [-0.05, 0) is 43.4 Å². The second-order valence-electron chi connectivity index (χ2n) is 4.95. The minimum Gasteiger partial charge on any atom is -0.258 e. The number of nitro benzene ring substituents is 1. The molecule has 16 heavy (non-hydrogen) atoms. The third kappa shape index (κ3) is 2.23. The van der Waals surface area contributed by atoms with E-state index in [1.165, 1.54) is 5.56 Å². The van der Waals surface area contributed by atoms with Gasteiger partial charge in [-0.25, -0.2) is 0 Å². The maximum Gasteiger partial charge on any atom is 0.275 e. The molecule has 0 spiro atoms. The first-order valence-corrected chi connectivity index (χ1v) is 5.55. The first-order valence-electron chi connectivity index (χ1n) is 5.55. The lowest BCUT2D eigenvalue weighted by molar-refractivity contribution is -0.386. The Morgan fingerprint density at radius 3 is 2.00 bits per heavy atom. The fourth-order valence-corrected chi connectivity index (χ4v) is 1.84. The Bertz CT molecular complexity index is 399. The van der Waals surface area contributed by atoms with E-state index in [0.717, 1.165) is 17.5 Å². The molecule has 0 radical (unpaired) electrons. The molecule has 0 N–H and O–H groups in total. The summed E-state index contributed by atoms with van der Waals surface area (Å²) in [5, 5.41) is 10.9. The van der Waals surface area contributed by atoms with Gasteiger partial charge in [0.2, 0.25) is 0 Å². The smallest absolute Gasteiger partial charge is 0.258 e. The summed E-state index contributed by atoms with van der Waals surface area (Å²) in [6, 6.07) is 3.88. The molecular formula is C13H19NO2. The number of aryl methyl sites for hydroxylation is 2. The average molecular weight is 221 g/mol. The van der Waals surface area contributed by atoms with Crippen LogP contribution in [0.2, 0.25) is 0 Å². The maximum absolute atomic E-state index is 10.9. The number of hydrogen-bond acceptors (Lipinski definition) is 2. The van der Waals surface area contributed by atoms with E-state index in [4.69, 9.17) is 0 Å². The van der Waals surface area contributed by atoms with E-state index in [9.17, 15) is 10.1 Å². The summed E-state index contributed by atoms with van der Waals surface area (Å²) in [6.45, 7) is 10.1. The number of benzene rings is 1. The predicted molar refractivity (Wildman–Crippen MR) is 65.9 cm³/mol. The highest BCUT2D eigenvalue weighted by atomic mass is 16.6. The molecule has 3 heteroatoms. The van der Waals surface area contributed by atoms with Crippen molar-refractivity contribution in [2.75, 3.05) is 0 Å². The van der Waals surface area contributed by atoms with Gasteiger partial charge in [0.15, 0.2) is 0 Å². The summed E-state index contributed by atoms with van der Waals surface area (Å²) in [5.74, 6) is 0.